The van der Waals surface area contributed by atoms with Gasteiger partial charge >= 0.3 is 0 Å². The maximum atomic E-state index is 13.9. The van der Waals surface area contributed by atoms with Gasteiger partial charge in [0.25, 0.3) is 5.91 Å². The van der Waals surface area contributed by atoms with E-state index in [-0.39, 0.29) is 17.3 Å². The average Bonchev–Trinajstić information content (AvgIpc) is 2.87. The molecule has 1 atom stereocenters. The average molecular weight is 263 g/mol. The molecule has 0 radical (unpaired) electrons. The van der Waals surface area contributed by atoms with Crippen LogP contribution in [0.15, 0.2) is 30.5 Å². The summed E-state index contributed by atoms with van der Waals surface area (Å²) in [6, 6.07) is 5.88. The van der Waals surface area contributed by atoms with Crippen molar-refractivity contribution in [3.8, 4) is 5.69 Å². The quantitative estimate of drug-likeness (QED) is 0.880. The van der Waals surface area contributed by atoms with E-state index in [1.807, 2.05) is 0 Å². The Hall–Kier alpha value is -2.21. The van der Waals surface area contributed by atoms with Gasteiger partial charge in [-0.15, -0.1) is 0 Å². The smallest absolute Gasteiger partial charge is 0.271 e. The molecule has 0 aliphatic rings. The summed E-state index contributed by atoms with van der Waals surface area (Å²) in [5.41, 5.74) is 0.918. The van der Waals surface area contributed by atoms with Crippen LogP contribution in [0.2, 0.25) is 0 Å². The van der Waals surface area contributed by atoms with E-state index in [1.165, 1.54) is 36.1 Å². The molecule has 100 valence electrons. The lowest BCUT2D eigenvalue weighted by Gasteiger charge is -2.08. The minimum absolute atomic E-state index is 0.210. The van der Waals surface area contributed by atoms with E-state index < -0.39 is 11.9 Å². The molecule has 2 N–H and O–H groups in total. The Morgan fingerprint density at radius 3 is 2.79 bits per heavy atom. The molecule has 0 bridgehead atoms. The first kappa shape index (κ1) is 13.2. The Kier molecular flexibility index (Phi) is 3.62. The fraction of sp³-hybridized carbons (Fsp3) is 0.231. The van der Waals surface area contributed by atoms with Gasteiger partial charge in [0.05, 0.1) is 6.10 Å². The minimum atomic E-state index is -0.734. The molecule has 0 fully saturated rings. The molecule has 1 aromatic heterocycles. The standard InChI is InChI=1S/C13H14FN3O2/c1-8(18)9-3-4-12(10(14)7-9)17-6-5-11(16-17)13(19)15-2/h3-8,18H,1-2H3,(H,15,19). The zero-order chi connectivity index (χ0) is 14.0. The molecule has 1 unspecified atom stereocenters. The molecular formula is C13H14FN3O2. The van der Waals surface area contributed by atoms with Crippen molar-refractivity contribution in [2.24, 2.45) is 0 Å². The van der Waals surface area contributed by atoms with Crippen molar-refractivity contribution in [2.75, 3.05) is 7.05 Å². The number of halogens is 1. The number of aliphatic hydroxyl groups is 1. The summed E-state index contributed by atoms with van der Waals surface area (Å²) in [5, 5.41) is 15.8. The maximum absolute atomic E-state index is 13.9. The number of carbonyl (C=O) groups is 1. The van der Waals surface area contributed by atoms with Crippen molar-refractivity contribution < 1.29 is 14.3 Å². The molecule has 1 aromatic carbocycles. The van der Waals surface area contributed by atoms with Crippen LogP contribution in [-0.4, -0.2) is 27.8 Å². The second-order valence-electron chi connectivity index (χ2n) is 4.11. The van der Waals surface area contributed by atoms with E-state index in [1.54, 1.807) is 13.0 Å². The number of benzene rings is 1. The summed E-state index contributed by atoms with van der Waals surface area (Å²) in [5.74, 6) is -0.843. The highest BCUT2D eigenvalue weighted by molar-refractivity contribution is 5.91. The first-order chi connectivity index (χ1) is 9.02. The summed E-state index contributed by atoms with van der Waals surface area (Å²) in [7, 11) is 1.50. The van der Waals surface area contributed by atoms with E-state index in [4.69, 9.17) is 0 Å². The van der Waals surface area contributed by atoms with Crippen LogP contribution in [0.1, 0.15) is 29.1 Å². The lowest BCUT2D eigenvalue weighted by atomic mass is 10.1. The minimum Gasteiger partial charge on any atom is -0.389 e. The number of aliphatic hydroxyl groups excluding tert-OH is 1. The number of hydrogen-bond acceptors (Lipinski definition) is 3. The third-order valence-corrected chi connectivity index (χ3v) is 2.75. The van der Waals surface area contributed by atoms with Crippen molar-refractivity contribution in [2.45, 2.75) is 13.0 Å². The number of amides is 1. The topological polar surface area (TPSA) is 67.2 Å². The predicted molar refractivity (Wildman–Crippen MR) is 67.5 cm³/mol. The van der Waals surface area contributed by atoms with Crippen molar-refractivity contribution in [3.05, 3.63) is 47.5 Å². The van der Waals surface area contributed by atoms with Crippen LogP contribution in [-0.2, 0) is 0 Å². The van der Waals surface area contributed by atoms with Gasteiger partial charge in [-0.3, -0.25) is 4.79 Å². The lowest BCUT2D eigenvalue weighted by molar-refractivity contribution is 0.0957. The Morgan fingerprint density at radius 2 is 2.21 bits per heavy atom. The highest BCUT2D eigenvalue weighted by atomic mass is 19.1. The lowest BCUT2D eigenvalue weighted by Crippen LogP contribution is -2.18. The number of nitrogens with zero attached hydrogens (tertiary/aromatic N) is 2. The summed E-state index contributed by atoms with van der Waals surface area (Å²) >= 11 is 0. The molecule has 19 heavy (non-hydrogen) atoms. The molecule has 1 heterocycles. The van der Waals surface area contributed by atoms with Crippen LogP contribution in [0.4, 0.5) is 4.39 Å². The van der Waals surface area contributed by atoms with Gasteiger partial charge in [-0.05, 0) is 30.7 Å². The van der Waals surface area contributed by atoms with Gasteiger partial charge in [-0.1, -0.05) is 6.07 Å². The molecule has 2 rings (SSSR count). The summed E-state index contributed by atoms with van der Waals surface area (Å²) in [6.07, 6.45) is 0.771. The van der Waals surface area contributed by atoms with E-state index >= 15 is 0 Å². The third-order valence-electron chi connectivity index (χ3n) is 2.75. The van der Waals surface area contributed by atoms with Gasteiger partial charge in [0.2, 0.25) is 0 Å². The molecule has 0 saturated carbocycles. The van der Waals surface area contributed by atoms with Gasteiger partial charge in [-0.25, -0.2) is 9.07 Å². The second-order valence-corrected chi connectivity index (χ2v) is 4.11. The highest BCUT2D eigenvalue weighted by Crippen LogP contribution is 2.19. The maximum Gasteiger partial charge on any atom is 0.271 e. The monoisotopic (exact) mass is 263 g/mol. The van der Waals surface area contributed by atoms with Gasteiger partial charge in [-0.2, -0.15) is 5.10 Å². The second kappa shape index (κ2) is 5.19. The fourth-order valence-corrected chi connectivity index (χ4v) is 1.68. The number of hydrogen-bond donors (Lipinski definition) is 2. The van der Waals surface area contributed by atoms with Gasteiger partial charge in [0.1, 0.15) is 11.5 Å². The van der Waals surface area contributed by atoms with Gasteiger partial charge in [0.15, 0.2) is 5.69 Å². The first-order valence-corrected chi connectivity index (χ1v) is 5.78. The number of carbonyl (C=O) groups excluding carboxylic acids is 1. The van der Waals surface area contributed by atoms with Crippen molar-refractivity contribution >= 4 is 5.91 Å². The van der Waals surface area contributed by atoms with E-state index in [0.29, 0.717) is 5.56 Å². The summed E-state index contributed by atoms with van der Waals surface area (Å²) in [6.45, 7) is 1.56. The molecule has 1 amide bonds. The van der Waals surface area contributed by atoms with Crippen LogP contribution in [0, 0.1) is 5.82 Å². The zero-order valence-electron chi connectivity index (χ0n) is 10.6. The van der Waals surface area contributed by atoms with E-state index in [0.717, 1.165) is 0 Å². The fourth-order valence-electron chi connectivity index (χ4n) is 1.68. The Labute approximate surface area is 109 Å². The number of nitrogens with one attached hydrogen (secondary N) is 1. The van der Waals surface area contributed by atoms with Crippen LogP contribution < -0.4 is 5.32 Å². The van der Waals surface area contributed by atoms with Crippen LogP contribution >= 0.6 is 0 Å². The molecular weight excluding hydrogens is 249 g/mol. The van der Waals surface area contributed by atoms with Crippen LogP contribution in [0.25, 0.3) is 5.69 Å². The molecule has 0 spiro atoms. The first-order valence-electron chi connectivity index (χ1n) is 5.78. The van der Waals surface area contributed by atoms with Crippen LogP contribution in [0.5, 0.6) is 0 Å². The normalized spacial score (nSPS) is 12.2. The van der Waals surface area contributed by atoms with E-state index in [9.17, 15) is 14.3 Å². The third kappa shape index (κ3) is 2.63. The highest BCUT2D eigenvalue weighted by Gasteiger charge is 2.12. The molecule has 2 aromatic rings. The Morgan fingerprint density at radius 1 is 1.47 bits per heavy atom. The molecule has 0 saturated heterocycles. The molecule has 0 aliphatic heterocycles. The molecule has 6 heteroatoms. The largest absolute Gasteiger partial charge is 0.389 e. The SMILES string of the molecule is CNC(=O)c1ccn(-c2ccc(C(C)O)cc2F)n1. The predicted octanol–water partition coefficient (Wildman–Crippen LogP) is 1.42. The number of aromatic nitrogens is 2. The summed E-state index contributed by atoms with van der Waals surface area (Å²) < 4.78 is 15.2. The van der Waals surface area contributed by atoms with Crippen molar-refractivity contribution in [1.82, 2.24) is 15.1 Å². The molecule has 0 aliphatic carbocycles. The van der Waals surface area contributed by atoms with Gasteiger partial charge < -0.3 is 10.4 Å². The van der Waals surface area contributed by atoms with Crippen LogP contribution in [0.3, 0.4) is 0 Å². The summed E-state index contributed by atoms with van der Waals surface area (Å²) in [4.78, 5) is 11.4. The van der Waals surface area contributed by atoms with Crippen molar-refractivity contribution in [1.29, 1.82) is 0 Å². The zero-order valence-corrected chi connectivity index (χ0v) is 10.6. The Bertz CT molecular complexity index is 608. The molecule has 5 nitrogen and oxygen atoms in total. The van der Waals surface area contributed by atoms with Gasteiger partial charge in [0, 0.05) is 13.2 Å². The number of rotatable bonds is 3. The Balaban J connectivity index is 2.37. The van der Waals surface area contributed by atoms with Crippen molar-refractivity contribution in [3.63, 3.8) is 0 Å². The van der Waals surface area contributed by atoms with E-state index in [2.05, 4.69) is 10.4 Å².